The van der Waals surface area contributed by atoms with Crippen LogP contribution in [-0.4, -0.2) is 36.4 Å². The van der Waals surface area contributed by atoms with Crippen molar-refractivity contribution in [1.82, 2.24) is 10.2 Å². The van der Waals surface area contributed by atoms with Crippen LogP contribution in [0.15, 0.2) is 12.1 Å². The SMILES string of the molecule is COC(=O)c1ccc(N2CCC[C@H](C)C2)nn1. The summed E-state index contributed by atoms with van der Waals surface area (Å²) in [6.07, 6.45) is 2.45. The van der Waals surface area contributed by atoms with Crippen LogP contribution in [0.4, 0.5) is 5.82 Å². The van der Waals surface area contributed by atoms with Crippen LogP contribution in [0.2, 0.25) is 0 Å². The van der Waals surface area contributed by atoms with Gasteiger partial charge in [-0.05, 0) is 30.9 Å². The topological polar surface area (TPSA) is 55.3 Å². The minimum Gasteiger partial charge on any atom is -0.464 e. The van der Waals surface area contributed by atoms with Gasteiger partial charge in [0.1, 0.15) is 0 Å². The van der Waals surface area contributed by atoms with Crippen molar-refractivity contribution in [3.05, 3.63) is 17.8 Å². The Kier molecular flexibility index (Phi) is 3.56. The zero-order valence-electron chi connectivity index (χ0n) is 10.2. The molecule has 2 heterocycles. The lowest BCUT2D eigenvalue weighted by molar-refractivity contribution is 0.0592. The fourth-order valence-corrected chi connectivity index (χ4v) is 2.10. The summed E-state index contributed by atoms with van der Waals surface area (Å²) in [6.45, 7) is 4.26. The minimum absolute atomic E-state index is 0.251. The van der Waals surface area contributed by atoms with Crippen molar-refractivity contribution in [3.8, 4) is 0 Å². The third-order valence-corrected chi connectivity index (χ3v) is 3.03. The molecule has 0 spiro atoms. The molecular weight excluding hydrogens is 218 g/mol. The summed E-state index contributed by atoms with van der Waals surface area (Å²) < 4.78 is 4.58. The average Bonchev–Trinajstić information content (AvgIpc) is 2.38. The molecule has 0 radical (unpaired) electrons. The van der Waals surface area contributed by atoms with Crippen molar-refractivity contribution in [1.29, 1.82) is 0 Å². The van der Waals surface area contributed by atoms with Gasteiger partial charge in [-0.15, -0.1) is 10.2 Å². The number of methoxy groups -OCH3 is 1. The highest BCUT2D eigenvalue weighted by Gasteiger charge is 2.18. The van der Waals surface area contributed by atoms with Gasteiger partial charge in [0.05, 0.1) is 7.11 Å². The Hall–Kier alpha value is -1.65. The van der Waals surface area contributed by atoms with E-state index < -0.39 is 5.97 Å². The van der Waals surface area contributed by atoms with Crippen LogP contribution in [0.5, 0.6) is 0 Å². The van der Waals surface area contributed by atoms with Crippen LogP contribution in [-0.2, 0) is 4.74 Å². The molecule has 0 aliphatic carbocycles. The fourth-order valence-electron chi connectivity index (χ4n) is 2.10. The molecule has 1 aliphatic rings. The molecule has 0 aromatic carbocycles. The van der Waals surface area contributed by atoms with E-state index in [9.17, 15) is 4.79 Å². The quantitative estimate of drug-likeness (QED) is 0.727. The van der Waals surface area contributed by atoms with Gasteiger partial charge in [-0.25, -0.2) is 4.79 Å². The van der Waals surface area contributed by atoms with Gasteiger partial charge in [-0.3, -0.25) is 0 Å². The van der Waals surface area contributed by atoms with Gasteiger partial charge >= 0.3 is 5.97 Å². The van der Waals surface area contributed by atoms with E-state index in [4.69, 9.17) is 0 Å². The number of anilines is 1. The molecule has 1 aromatic rings. The van der Waals surface area contributed by atoms with Gasteiger partial charge in [0.2, 0.25) is 0 Å². The molecule has 0 amide bonds. The maximum atomic E-state index is 11.2. The van der Waals surface area contributed by atoms with E-state index in [-0.39, 0.29) is 5.69 Å². The Morgan fingerprint density at radius 3 is 2.88 bits per heavy atom. The summed E-state index contributed by atoms with van der Waals surface area (Å²) in [4.78, 5) is 13.4. The number of carbonyl (C=O) groups excluding carboxylic acids is 1. The summed E-state index contributed by atoms with van der Waals surface area (Å²) >= 11 is 0. The highest BCUT2D eigenvalue weighted by molar-refractivity contribution is 5.86. The van der Waals surface area contributed by atoms with E-state index in [1.54, 1.807) is 6.07 Å². The number of esters is 1. The fraction of sp³-hybridized carbons (Fsp3) is 0.583. The third kappa shape index (κ3) is 2.72. The van der Waals surface area contributed by atoms with Gasteiger partial charge in [0.15, 0.2) is 11.5 Å². The molecule has 0 N–H and O–H groups in total. The van der Waals surface area contributed by atoms with Crippen molar-refractivity contribution in [2.75, 3.05) is 25.1 Å². The van der Waals surface area contributed by atoms with Gasteiger partial charge in [0, 0.05) is 13.1 Å². The summed E-state index contributed by atoms with van der Waals surface area (Å²) in [5.41, 5.74) is 0.251. The Morgan fingerprint density at radius 2 is 2.29 bits per heavy atom. The maximum Gasteiger partial charge on any atom is 0.358 e. The van der Waals surface area contributed by atoms with Gasteiger partial charge in [-0.1, -0.05) is 6.92 Å². The molecule has 1 atom stereocenters. The van der Waals surface area contributed by atoms with E-state index in [2.05, 4.69) is 26.8 Å². The number of piperidine rings is 1. The standard InChI is InChI=1S/C12H17N3O2/c1-9-4-3-7-15(8-9)11-6-5-10(13-14-11)12(16)17-2/h5-6,9H,3-4,7-8H2,1-2H3/t9-/m0/s1. The van der Waals surface area contributed by atoms with E-state index in [1.165, 1.54) is 20.0 Å². The van der Waals surface area contributed by atoms with Crippen LogP contribution >= 0.6 is 0 Å². The summed E-state index contributed by atoms with van der Waals surface area (Å²) in [5.74, 6) is 1.08. The highest BCUT2D eigenvalue weighted by Crippen LogP contribution is 2.20. The Labute approximate surface area is 101 Å². The largest absolute Gasteiger partial charge is 0.464 e. The zero-order valence-corrected chi connectivity index (χ0v) is 10.2. The van der Waals surface area contributed by atoms with Crippen LogP contribution in [0.25, 0.3) is 0 Å². The second-order valence-electron chi connectivity index (χ2n) is 4.46. The number of carbonyl (C=O) groups is 1. The van der Waals surface area contributed by atoms with E-state index in [1.807, 2.05) is 6.07 Å². The highest BCUT2D eigenvalue weighted by atomic mass is 16.5. The second-order valence-corrected chi connectivity index (χ2v) is 4.46. The van der Waals surface area contributed by atoms with Crippen molar-refractivity contribution in [2.24, 2.45) is 5.92 Å². The van der Waals surface area contributed by atoms with E-state index >= 15 is 0 Å². The Bertz CT molecular complexity index is 391. The second kappa shape index (κ2) is 5.12. The molecule has 92 valence electrons. The monoisotopic (exact) mass is 235 g/mol. The summed E-state index contributed by atoms with van der Waals surface area (Å²) in [5, 5.41) is 7.96. The first kappa shape index (κ1) is 11.8. The lowest BCUT2D eigenvalue weighted by atomic mass is 10.0. The summed E-state index contributed by atoms with van der Waals surface area (Å²) in [7, 11) is 1.34. The molecule has 1 fully saturated rings. The molecule has 1 aliphatic heterocycles. The molecule has 1 aromatic heterocycles. The Morgan fingerprint density at radius 1 is 1.47 bits per heavy atom. The number of nitrogens with zero attached hydrogens (tertiary/aromatic N) is 3. The number of rotatable bonds is 2. The number of ether oxygens (including phenoxy) is 1. The molecule has 2 rings (SSSR count). The third-order valence-electron chi connectivity index (χ3n) is 3.03. The number of hydrogen-bond acceptors (Lipinski definition) is 5. The average molecular weight is 235 g/mol. The van der Waals surface area contributed by atoms with Crippen molar-refractivity contribution < 1.29 is 9.53 Å². The number of hydrogen-bond donors (Lipinski definition) is 0. The van der Waals surface area contributed by atoms with Crippen LogP contribution in [0.1, 0.15) is 30.3 Å². The van der Waals surface area contributed by atoms with E-state index in [0.29, 0.717) is 5.92 Å². The lowest BCUT2D eigenvalue weighted by Crippen LogP contribution is -2.35. The normalized spacial score (nSPS) is 20.1. The molecule has 17 heavy (non-hydrogen) atoms. The molecule has 5 heteroatoms. The van der Waals surface area contributed by atoms with Crippen LogP contribution < -0.4 is 4.90 Å². The smallest absolute Gasteiger partial charge is 0.358 e. The van der Waals surface area contributed by atoms with Crippen molar-refractivity contribution >= 4 is 11.8 Å². The predicted octanol–water partition coefficient (Wildman–Crippen LogP) is 1.50. The molecule has 0 bridgehead atoms. The van der Waals surface area contributed by atoms with E-state index in [0.717, 1.165) is 18.9 Å². The molecule has 0 unspecified atom stereocenters. The first-order chi connectivity index (χ1) is 8.20. The van der Waals surface area contributed by atoms with Crippen LogP contribution in [0, 0.1) is 5.92 Å². The van der Waals surface area contributed by atoms with Crippen molar-refractivity contribution in [2.45, 2.75) is 19.8 Å². The molecule has 0 saturated carbocycles. The summed E-state index contributed by atoms with van der Waals surface area (Å²) in [6, 6.07) is 3.49. The Balaban J connectivity index is 2.09. The molecular formula is C12H17N3O2. The minimum atomic E-state index is -0.448. The van der Waals surface area contributed by atoms with Gasteiger partial charge in [-0.2, -0.15) is 0 Å². The van der Waals surface area contributed by atoms with Crippen LogP contribution in [0.3, 0.4) is 0 Å². The zero-order chi connectivity index (χ0) is 12.3. The maximum absolute atomic E-state index is 11.2. The lowest BCUT2D eigenvalue weighted by Gasteiger charge is -2.31. The van der Waals surface area contributed by atoms with Crippen molar-refractivity contribution in [3.63, 3.8) is 0 Å². The first-order valence-corrected chi connectivity index (χ1v) is 5.87. The number of aromatic nitrogens is 2. The van der Waals surface area contributed by atoms with Gasteiger partial charge < -0.3 is 9.64 Å². The van der Waals surface area contributed by atoms with Gasteiger partial charge in [0.25, 0.3) is 0 Å². The molecule has 1 saturated heterocycles. The predicted molar refractivity (Wildman–Crippen MR) is 64.0 cm³/mol. The molecule has 5 nitrogen and oxygen atoms in total. The first-order valence-electron chi connectivity index (χ1n) is 5.87.